The number of carbonyl (C=O) groups excluding carboxylic acids is 1. The molecule has 1 N–H and O–H groups in total. The van der Waals surface area contributed by atoms with Gasteiger partial charge in [0.15, 0.2) is 11.5 Å². The van der Waals surface area contributed by atoms with E-state index < -0.39 is 0 Å². The zero-order valence-corrected chi connectivity index (χ0v) is 13.0. The highest BCUT2D eigenvalue weighted by atomic mass is 16.5. The Bertz CT molecular complexity index is 839. The molecule has 0 aliphatic carbocycles. The molecule has 22 heavy (non-hydrogen) atoms. The average Bonchev–Trinajstić information content (AvgIpc) is 3.04. The Kier molecular flexibility index (Phi) is 3.24. The average molecular weight is 298 g/mol. The maximum atomic E-state index is 12.4. The quantitative estimate of drug-likeness (QED) is 0.789. The predicted octanol–water partition coefficient (Wildman–Crippen LogP) is 3.11. The molecule has 1 aromatic carbocycles. The normalized spacial score (nSPS) is 11.8. The number of para-hydroxylation sites is 1. The second-order valence-corrected chi connectivity index (χ2v) is 6.27. The van der Waals surface area contributed by atoms with Gasteiger partial charge < -0.3 is 9.84 Å². The lowest BCUT2D eigenvalue weighted by Crippen LogP contribution is -2.14. The van der Waals surface area contributed by atoms with Gasteiger partial charge in [0.05, 0.1) is 5.52 Å². The lowest BCUT2D eigenvalue weighted by Gasteiger charge is -2.11. The first-order chi connectivity index (χ1) is 10.4. The highest BCUT2D eigenvalue weighted by molar-refractivity contribution is 6.10. The van der Waals surface area contributed by atoms with Gasteiger partial charge in [-0.05, 0) is 6.07 Å². The number of hydrogen-bond acceptors (Lipinski definition) is 4. The molecule has 6 nitrogen and oxygen atoms in total. The van der Waals surface area contributed by atoms with Crippen LogP contribution in [0, 0.1) is 0 Å². The van der Waals surface area contributed by atoms with Crippen LogP contribution in [0.1, 0.15) is 37.0 Å². The Morgan fingerprint density at radius 3 is 2.68 bits per heavy atom. The molecule has 114 valence electrons. The Morgan fingerprint density at radius 1 is 1.27 bits per heavy atom. The fourth-order valence-corrected chi connectivity index (χ4v) is 2.24. The van der Waals surface area contributed by atoms with Crippen LogP contribution in [-0.4, -0.2) is 20.8 Å². The van der Waals surface area contributed by atoms with Crippen LogP contribution < -0.4 is 5.32 Å². The second kappa shape index (κ2) is 4.98. The fraction of sp³-hybridized carbons (Fsp3) is 0.312. The minimum Gasteiger partial charge on any atom is -0.359 e. The van der Waals surface area contributed by atoms with Crippen LogP contribution in [0.3, 0.4) is 0 Å². The molecular weight excluding hydrogens is 280 g/mol. The molecular formula is C16H18N4O2. The summed E-state index contributed by atoms with van der Waals surface area (Å²) in [4.78, 5) is 12.4. The number of nitrogens with one attached hydrogen (secondary N) is 1. The van der Waals surface area contributed by atoms with Crippen molar-refractivity contribution in [1.29, 1.82) is 0 Å². The predicted molar refractivity (Wildman–Crippen MR) is 83.9 cm³/mol. The van der Waals surface area contributed by atoms with Gasteiger partial charge in [-0.25, -0.2) is 0 Å². The van der Waals surface area contributed by atoms with Crippen LogP contribution in [0.15, 0.2) is 34.9 Å². The van der Waals surface area contributed by atoms with Gasteiger partial charge in [0, 0.05) is 23.9 Å². The Labute approximate surface area is 128 Å². The van der Waals surface area contributed by atoms with E-state index in [0.717, 1.165) is 10.9 Å². The van der Waals surface area contributed by atoms with E-state index in [0.29, 0.717) is 17.3 Å². The van der Waals surface area contributed by atoms with E-state index >= 15 is 0 Å². The molecule has 6 heteroatoms. The monoisotopic (exact) mass is 298 g/mol. The van der Waals surface area contributed by atoms with Gasteiger partial charge >= 0.3 is 0 Å². The molecule has 3 aromatic rings. The number of rotatable bonds is 2. The number of amides is 1. The van der Waals surface area contributed by atoms with E-state index in [9.17, 15) is 4.79 Å². The molecule has 0 radical (unpaired) electrons. The van der Waals surface area contributed by atoms with Crippen molar-refractivity contribution in [2.24, 2.45) is 7.05 Å². The fourth-order valence-electron chi connectivity index (χ4n) is 2.24. The van der Waals surface area contributed by atoms with Gasteiger partial charge in [0.2, 0.25) is 0 Å². The highest BCUT2D eigenvalue weighted by Gasteiger charge is 2.22. The van der Waals surface area contributed by atoms with E-state index in [1.807, 2.05) is 52.1 Å². The third-order valence-corrected chi connectivity index (χ3v) is 3.46. The van der Waals surface area contributed by atoms with Gasteiger partial charge in [-0.2, -0.15) is 5.10 Å². The molecule has 0 fully saturated rings. The standard InChI is InChI=1S/C16H18N4O2/c1-16(2,3)12-9-13(19-22-12)17-15(21)14-10-7-5-6-8-11(10)20(4)18-14/h5-9H,1-4H3,(H,17,19,21). The summed E-state index contributed by atoms with van der Waals surface area (Å²) >= 11 is 0. The van der Waals surface area contributed by atoms with Crippen molar-refractivity contribution < 1.29 is 9.32 Å². The molecule has 0 aliphatic heterocycles. The van der Waals surface area contributed by atoms with E-state index in [4.69, 9.17) is 4.52 Å². The molecule has 2 aromatic heterocycles. The Morgan fingerprint density at radius 2 is 2.00 bits per heavy atom. The van der Waals surface area contributed by atoms with E-state index in [1.54, 1.807) is 10.7 Å². The first-order valence-electron chi connectivity index (χ1n) is 7.06. The minimum absolute atomic E-state index is 0.159. The third kappa shape index (κ3) is 2.47. The van der Waals surface area contributed by atoms with Crippen LogP contribution >= 0.6 is 0 Å². The molecule has 3 rings (SSSR count). The maximum absolute atomic E-state index is 12.4. The van der Waals surface area contributed by atoms with E-state index in [-0.39, 0.29) is 11.3 Å². The maximum Gasteiger partial charge on any atom is 0.278 e. The van der Waals surface area contributed by atoms with Crippen LogP contribution in [0.4, 0.5) is 5.82 Å². The SMILES string of the molecule is Cn1nc(C(=O)Nc2cc(C(C)(C)C)on2)c2ccccc21. The van der Waals surface area contributed by atoms with Crippen molar-refractivity contribution in [3.05, 3.63) is 41.8 Å². The smallest absolute Gasteiger partial charge is 0.278 e. The number of anilines is 1. The molecule has 0 saturated carbocycles. The number of aryl methyl sites for hydroxylation is 1. The summed E-state index contributed by atoms with van der Waals surface area (Å²) in [5, 5.41) is 11.7. The summed E-state index contributed by atoms with van der Waals surface area (Å²) in [5.41, 5.74) is 1.12. The largest absolute Gasteiger partial charge is 0.359 e. The van der Waals surface area contributed by atoms with Crippen molar-refractivity contribution in [2.75, 3.05) is 5.32 Å². The molecule has 1 amide bonds. The molecule has 0 atom stereocenters. The zero-order valence-electron chi connectivity index (χ0n) is 13.0. The molecule has 2 heterocycles. The van der Waals surface area contributed by atoms with Crippen molar-refractivity contribution in [3.8, 4) is 0 Å². The first kappa shape index (κ1) is 14.3. The van der Waals surface area contributed by atoms with Crippen LogP contribution in [0.2, 0.25) is 0 Å². The van der Waals surface area contributed by atoms with Gasteiger partial charge in [-0.15, -0.1) is 0 Å². The summed E-state index contributed by atoms with van der Waals surface area (Å²) < 4.78 is 6.96. The van der Waals surface area contributed by atoms with Crippen molar-refractivity contribution in [2.45, 2.75) is 26.2 Å². The van der Waals surface area contributed by atoms with E-state index in [1.165, 1.54) is 0 Å². The van der Waals surface area contributed by atoms with Crippen molar-refractivity contribution >= 4 is 22.6 Å². The number of fused-ring (bicyclic) bond motifs is 1. The third-order valence-electron chi connectivity index (χ3n) is 3.46. The molecule has 0 bridgehead atoms. The Hall–Kier alpha value is -2.63. The molecule has 0 unspecified atom stereocenters. The minimum atomic E-state index is -0.300. The van der Waals surface area contributed by atoms with Crippen LogP contribution in [0.5, 0.6) is 0 Å². The van der Waals surface area contributed by atoms with Gasteiger partial charge in [-0.1, -0.05) is 44.1 Å². The summed E-state index contributed by atoms with van der Waals surface area (Å²) in [5.74, 6) is 0.809. The van der Waals surface area contributed by atoms with Gasteiger partial charge in [0.1, 0.15) is 5.76 Å². The summed E-state index contributed by atoms with van der Waals surface area (Å²) in [7, 11) is 1.81. The van der Waals surface area contributed by atoms with Gasteiger partial charge in [-0.3, -0.25) is 9.48 Å². The van der Waals surface area contributed by atoms with Crippen LogP contribution in [0.25, 0.3) is 10.9 Å². The van der Waals surface area contributed by atoms with Gasteiger partial charge in [0.25, 0.3) is 5.91 Å². The molecule has 0 saturated heterocycles. The van der Waals surface area contributed by atoms with Crippen LogP contribution in [-0.2, 0) is 12.5 Å². The first-order valence-corrected chi connectivity index (χ1v) is 7.06. The lowest BCUT2D eigenvalue weighted by molar-refractivity contribution is 0.102. The summed E-state index contributed by atoms with van der Waals surface area (Å²) in [6.07, 6.45) is 0. The second-order valence-electron chi connectivity index (χ2n) is 6.27. The number of carbonyl (C=O) groups is 1. The highest BCUT2D eigenvalue weighted by Crippen LogP contribution is 2.25. The lowest BCUT2D eigenvalue weighted by atomic mass is 9.93. The van der Waals surface area contributed by atoms with Crippen molar-refractivity contribution in [3.63, 3.8) is 0 Å². The Balaban J connectivity index is 1.89. The number of hydrogen-bond donors (Lipinski definition) is 1. The summed E-state index contributed by atoms with van der Waals surface area (Å²) in [6.45, 7) is 6.06. The molecule has 0 spiro atoms. The topological polar surface area (TPSA) is 73.0 Å². The molecule has 0 aliphatic rings. The van der Waals surface area contributed by atoms with E-state index in [2.05, 4.69) is 15.6 Å². The number of benzene rings is 1. The number of aromatic nitrogens is 3. The number of nitrogens with zero attached hydrogens (tertiary/aromatic N) is 3. The van der Waals surface area contributed by atoms with Crippen molar-refractivity contribution in [1.82, 2.24) is 14.9 Å². The summed E-state index contributed by atoms with van der Waals surface area (Å²) in [6, 6.07) is 9.34. The zero-order chi connectivity index (χ0) is 15.9.